The highest BCUT2D eigenvalue weighted by Crippen LogP contribution is 2.17. The van der Waals surface area contributed by atoms with Crippen LogP contribution in [0.1, 0.15) is 23.2 Å². The van der Waals surface area contributed by atoms with Crippen molar-refractivity contribution in [1.29, 1.82) is 0 Å². The molecule has 4 nitrogen and oxygen atoms in total. The van der Waals surface area contributed by atoms with Crippen LogP contribution in [0.25, 0.3) is 0 Å². The summed E-state index contributed by atoms with van der Waals surface area (Å²) in [5.41, 5.74) is 0.452. The molecular formula is C13H16O4S. The SMILES string of the molecule is O=C(CS(=O)(=O)C1CCOCC1)c1ccccc1. The fourth-order valence-corrected chi connectivity index (χ4v) is 3.72. The summed E-state index contributed by atoms with van der Waals surface area (Å²) in [5.74, 6) is -0.733. The number of benzene rings is 1. The van der Waals surface area contributed by atoms with E-state index in [0.29, 0.717) is 31.6 Å². The molecule has 1 fully saturated rings. The molecule has 0 radical (unpaired) electrons. The summed E-state index contributed by atoms with van der Waals surface area (Å²) in [6.07, 6.45) is 0.981. The van der Waals surface area contributed by atoms with E-state index in [1.54, 1.807) is 30.3 Å². The van der Waals surface area contributed by atoms with Gasteiger partial charge in [-0.2, -0.15) is 0 Å². The van der Waals surface area contributed by atoms with Crippen LogP contribution in [-0.4, -0.2) is 38.4 Å². The van der Waals surface area contributed by atoms with Gasteiger partial charge < -0.3 is 4.74 Å². The molecule has 2 rings (SSSR count). The number of carbonyl (C=O) groups is 1. The van der Waals surface area contributed by atoms with Gasteiger partial charge in [-0.25, -0.2) is 8.42 Å². The molecule has 0 unspecified atom stereocenters. The number of hydrogen-bond donors (Lipinski definition) is 0. The maximum absolute atomic E-state index is 12.1. The maximum atomic E-state index is 12.1. The highest BCUT2D eigenvalue weighted by atomic mass is 32.2. The summed E-state index contributed by atoms with van der Waals surface area (Å²) in [6.45, 7) is 0.923. The molecule has 1 heterocycles. The van der Waals surface area contributed by atoms with E-state index in [1.807, 2.05) is 0 Å². The molecule has 18 heavy (non-hydrogen) atoms. The second-order valence-electron chi connectivity index (χ2n) is 4.41. The Balaban J connectivity index is 2.06. The number of hydrogen-bond acceptors (Lipinski definition) is 4. The second-order valence-corrected chi connectivity index (χ2v) is 6.69. The topological polar surface area (TPSA) is 60.4 Å². The first-order chi connectivity index (χ1) is 8.59. The molecule has 0 amide bonds. The molecule has 0 saturated carbocycles. The van der Waals surface area contributed by atoms with Gasteiger partial charge in [-0.3, -0.25) is 4.79 Å². The van der Waals surface area contributed by atoms with Gasteiger partial charge in [0.15, 0.2) is 15.6 Å². The zero-order chi connectivity index (χ0) is 13.0. The lowest BCUT2D eigenvalue weighted by Gasteiger charge is -2.21. The molecule has 1 aromatic carbocycles. The molecule has 0 atom stereocenters. The third kappa shape index (κ3) is 3.17. The molecule has 0 aromatic heterocycles. The first-order valence-corrected chi connectivity index (χ1v) is 7.69. The van der Waals surface area contributed by atoms with Crippen molar-refractivity contribution in [2.24, 2.45) is 0 Å². The zero-order valence-electron chi connectivity index (χ0n) is 10.0. The van der Waals surface area contributed by atoms with Crippen LogP contribution < -0.4 is 0 Å². The Kier molecular flexibility index (Phi) is 4.14. The van der Waals surface area contributed by atoms with Crippen molar-refractivity contribution >= 4 is 15.6 Å². The van der Waals surface area contributed by atoms with Crippen molar-refractivity contribution < 1.29 is 17.9 Å². The molecule has 5 heteroatoms. The third-order valence-electron chi connectivity index (χ3n) is 3.10. The van der Waals surface area contributed by atoms with Crippen LogP contribution in [-0.2, 0) is 14.6 Å². The van der Waals surface area contributed by atoms with Crippen molar-refractivity contribution in [2.45, 2.75) is 18.1 Å². The highest BCUT2D eigenvalue weighted by Gasteiger charge is 2.29. The number of ketones is 1. The summed E-state index contributed by atoms with van der Waals surface area (Å²) in [5, 5.41) is -0.432. The fraction of sp³-hybridized carbons (Fsp3) is 0.462. The predicted octanol–water partition coefficient (Wildman–Crippen LogP) is 1.46. The lowest BCUT2D eigenvalue weighted by atomic mass is 10.2. The molecule has 0 bridgehead atoms. The molecule has 98 valence electrons. The Morgan fingerprint density at radius 3 is 2.39 bits per heavy atom. The Bertz CT molecular complexity index is 501. The lowest BCUT2D eigenvalue weighted by molar-refractivity contribution is 0.0971. The number of sulfone groups is 1. The minimum absolute atomic E-state index is 0.331. The van der Waals surface area contributed by atoms with Crippen LogP contribution in [0.5, 0.6) is 0 Å². The monoisotopic (exact) mass is 268 g/mol. The van der Waals surface area contributed by atoms with E-state index >= 15 is 0 Å². The molecule has 0 aliphatic carbocycles. The molecule has 0 spiro atoms. The number of carbonyl (C=O) groups excluding carboxylic acids is 1. The van der Waals surface area contributed by atoms with Gasteiger partial charge in [0.25, 0.3) is 0 Å². The summed E-state index contributed by atoms with van der Waals surface area (Å²) in [4.78, 5) is 11.9. The van der Waals surface area contributed by atoms with Gasteiger partial charge in [-0.05, 0) is 12.8 Å². The molecule has 1 aliphatic rings. The van der Waals surface area contributed by atoms with Gasteiger partial charge in [0, 0.05) is 18.8 Å². The van der Waals surface area contributed by atoms with E-state index in [1.165, 1.54) is 0 Å². The highest BCUT2D eigenvalue weighted by molar-refractivity contribution is 7.92. The van der Waals surface area contributed by atoms with Crippen molar-refractivity contribution in [3.8, 4) is 0 Å². The van der Waals surface area contributed by atoms with Gasteiger partial charge in [-0.15, -0.1) is 0 Å². The van der Waals surface area contributed by atoms with Crippen LogP contribution >= 0.6 is 0 Å². The average molecular weight is 268 g/mol. The van der Waals surface area contributed by atoms with Gasteiger partial charge in [0.1, 0.15) is 5.75 Å². The average Bonchev–Trinajstić information content (AvgIpc) is 2.40. The van der Waals surface area contributed by atoms with Gasteiger partial charge >= 0.3 is 0 Å². The molecule has 1 aliphatic heterocycles. The van der Waals surface area contributed by atoms with Gasteiger partial charge in [-0.1, -0.05) is 30.3 Å². The maximum Gasteiger partial charge on any atom is 0.177 e. The van der Waals surface area contributed by atoms with E-state index in [0.717, 1.165) is 0 Å². The van der Waals surface area contributed by atoms with E-state index in [4.69, 9.17) is 4.74 Å². The van der Waals surface area contributed by atoms with Crippen LogP contribution in [0.15, 0.2) is 30.3 Å². The first kappa shape index (κ1) is 13.2. The molecular weight excluding hydrogens is 252 g/mol. The molecule has 1 aromatic rings. The van der Waals surface area contributed by atoms with Crippen LogP contribution in [0.3, 0.4) is 0 Å². The van der Waals surface area contributed by atoms with Crippen molar-refractivity contribution in [3.05, 3.63) is 35.9 Å². The summed E-state index contributed by atoms with van der Waals surface area (Å²) < 4.78 is 29.3. The Labute approximate surface area is 107 Å². The van der Waals surface area contributed by atoms with E-state index in [-0.39, 0.29) is 5.78 Å². The first-order valence-electron chi connectivity index (χ1n) is 5.97. The number of rotatable bonds is 4. The standard InChI is InChI=1S/C13H16O4S/c14-13(11-4-2-1-3-5-11)10-18(15,16)12-6-8-17-9-7-12/h1-5,12H,6-10H2. The predicted molar refractivity (Wildman–Crippen MR) is 68.4 cm³/mol. The van der Waals surface area contributed by atoms with Crippen LogP contribution in [0.2, 0.25) is 0 Å². The number of ether oxygens (including phenoxy) is 1. The quantitative estimate of drug-likeness (QED) is 0.776. The zero-order valence-corrected chi connectivity index (χ0v) is 10.9. The summed E-state index contributed by atoms with van der Waals surface area (Å²) in [7, 11) is -3.36. The van der Waals surface area contributed by atoms with Crippen LogP contribution in [0, 0.1) is 0 Å². The second kappa shape index (κ2) is 5.63. The van der Waals surface area contributed by atoms with Crippen molar-refractivity contribution in [2.75, 3.05) is 19.0 Å². The Hall–Kier alpha value is -1.20. The van der Waals surface area contributed by atoms with E-state index in [9.17, 15) is 13.2 Å². The molecule has 1 saturated heterocycles. The van der Waals surface area contributed by atoms with E-state index < -0.39 is 20.8 Å². The summed E-state index contributed by atoms with van der Waals surface area (Å²) in [6, 6.07) is 8.54. The number of Topliss-reactive ketones (excluding diaryl/α,β-unsaturated/α-hetero) is 1. The summed E-state index contributed by atoms with van der Waals surface area (Å²) >= 11 is 0. The fourth-order valence-electron chi connectivity index (χ4n) is 2.04. The van der Waals surface area contributed by atoms with Crippen molar-refractivity contribution in [3.63, 3.8) is 0 Å². The van der Waals surface area contributed by atoms with E-state index in [2.05, 4.69) is 0 Å². The van der Waals surface area contributed by atoms with Gasteiger partial charge in [0.2, 0.25) is 0 Å². The lowest BCUT2D eigenvalue weighted by Crippen LogP contribution is -2.33. The minimum atomic E-state index is -3.36. The smallest absolute Gasteiger partial charge is 0.177 e. The largest absolute Gasteiger partial charge is 0.381 e. The van der Waals surface area contributed by atoms with Crippen molar-refractivity contribution in [1.82, 2.24) is 0 Å². The Morgan fingerprint density at radius 1 is 1.17 bits per heavy atom. The van der Waals surface area contributed by atoms with Crippen LogP contribution in [0.4, 0.5) is 0 Å². The third-order valence-corrected chi connectivity index (χ3v) is 5.26. The minimum Gasteiger partial charge on any atom is -0.381 e. The van der Waals surface area contributed by atoms with Gasteiger partial charge in [0.05, 0.1) is 5.25 Å². The Morgan fingerprint density at radius 2 is 1.78 bits per heavy atom. The normalized spacial score (nSPS) is 17.6. The molecule has 0 N–H and O–H groups in total.